The smallest absolute Gasteiger partial charge is 0.194 e. The Morgan fingerprint density at radius 1 is 1.42 bits per heavy atom. The lowest BCUT2D eigenvalue weighted by Crippen LogP contribution is -2.53. The van der Waals surface area contributed by atoms with Crippen molar-refractivity contribution in [2.24, 2.45) is 4.99 Å². The number of rotatable bonds is 5. The van der Waals surface area contributed by atoms with E-state index in [1.54, 1.807) is 0 Å². The van der Waals surface area contributed by atoms with Gasteiger partial charge in [0.25, 0.3) is 0 Å². The molecule has 1 aromatic heterocycles. The third-order valence-electron chi connectivity index (χ3n) is 4.65. The van der Waals surface area contributed by atoms with Crippen LogP contribution in [0.5, 0.6) is 0 Å². The maximum Gasteiger partial charge on any atom is 0.194 e. The van der Waals surface area contributed by atoms with E-state index in [-0.39, 0.29) is 12.2 Å². The summed E-state index contributed by atoms with van der Waals surface area (Å²) in [5.41, 5.74) is 0. The molecule has 0 spiro atoms. The zero-order chi connectivity index (χ0) is 16.8. The van der Waals surface area contributed by atoms with E-state index in [0.717, 1.165) is 58.2 Å². The topological polar surface area (TPSA) is 46.1 Å². The van der Waals surface area contributed by atoms with Crippen LogP contribution in [0.2, 0.25) is 0 Å². The fraction of sp³-hybridized carbons (Fsp3) is 0.722. The van der Waals surface area contributed by atoms with Crippen LogP contribution in [-0.2, 0) is 9.47 Å². The monoisotopic (exact) mass is 351 g/mol. The molecule has 3 atom stereocenters. The lowest BCUT2D eigenvalue weighted by molar-refractivity contribution is -0.0817. The number of thiophene rings is 1. The van der Waals surface area contributed by atoms with E-state index >= 15 is 0 Å². The lowest BCUT2D eigenvalue weighted by Gasteiger charge is -2.37. The summed E-state index contributed by atoms with van der Waals surface area (Å²) in [6.45, 7) is 9.43. The summed E-state index contributed by atoms with van der Waals surface area (Å²) >= 11 is 1.81. The van der Waals surface area contributed by atoms with Crippen LogP contribution in [0.1, 0.15) is 37.5 Å². The first-order chi connectivity index (χ1) is 11.8. The van der Waals surface area contributed by atoms with Crippen molar-refractivity contribution in [1.82, 2.24) is 10.2 Å². The van der Waals surface area contributed by atoms with Gasteiger partial charge in [-0.15, -0.1) is 11.3 Å². The Hall–Kier alpha value is -1.11. The number of aliphatic imine (C=N–C) groups is 1. The van der Waals surface area contributed by atoms with Gasteiger partial charge in [0.2, 0.25) is 0 Å². The molecule has 0 saturated carbocycles. The Balaban J connectivity index is 1.61. The van der Waals surface area contributed by atoms with Gasteiger partial charge in [0.05, 0.1) is 19.3 Å². The van der Waals surface area contributed by atoms with Crippen molar-refractivity contribution in [1.29, 1.82) is 0 Å². The van der Waals surface area contributed by atoms with E-state index in [4.69, 9.17) is 14.5 Å². The molecule has 24 heavy (non-hydrogen) atoms. The Bertz CT molecular complexity index is 514. The molecule has 1 N–H and O–H groups in total. The predicted octanol–water partition coefficient (Wildman–Crippen LogP) is 2.70. The average molecular weight is 352 g/mol. The van der Waals surface area contributed by atoms with Crippen LogP contribution in [0.15, 0.2) is 22.5 Å². The molecular weight excluding hydrogens is 322 g/mol. The Morgan fingerprint density at radius 3 is 3.00 bits per heavy atom. The lowest BCUT2D eigenvalue weighted by atomic mass is 10.1. The molecule has 2 aliphatic rings. The number of hydrogen-bond acceptors (Lipinski definition) is 4. The first kappa shape index (κ1) is 17.7. The molecule has 0 bridgehead atoms. The van der Waals surface area contributed by atoms with Crippen LogP contribution >= 0.6 is 11.3 Å². The fourth-order valence-corrected chi connectivity index (χ4v) is 4.08. The first-order valence-electron chi connectivity index (χ1n) is 9.07. The van der Waals surface area contributed by atoms with E-state index in [9.17, 15) is 0 Å². The summed E-state index contributed by atoms with van der Waals surface area (Å²) in [6, 6.07) is 4.31. The van der Waals surface area contributed by atoms with Gasteiger partial charge in [-0.05, 0) is 31.2 Å². The summed E-state index contributed by atoms with van der Waals surface area (Å²) in [7, 11) is 0. The standard InChI is InChI=1S/C18H29N3O2S/c1-3-19-18(20-12-14(2)17-7-5-11-24-17)21-8-10-23-16(13-21)15-6-4-9-22-15/h5,7,11,14-16H,3-4,6,8-10,12-13H2,1-2H3,(H,19,20). The third-order valence-corrected chi connectivity index (χ3v) is 5.76. The van der Waals surface area contributed by atoms with Gasteiger partial charge in [-0.1, -0.05) is 13.0 Å². The minimum Gasteiger partial charge on any atom is -0.375 e. The Morgan fingerprint density at radius 2 is 2.29 bits per heavy atom. The van der Waals surface area contributed by atoms with Crippen LogP contribution in [-0.4, -0.2) is 62.5 Å². The molecule has 2 saturated heterocycles. The normalized spacial score (nSPS) is 26.6. The van der Waals surface area contributed by atoms with Crippen molar-refractivity contribution >= 4 is 17.3 Å². The van der Waals surface area contributed by atoms with Crippen LogP contribution in [0.3, 0.4) is 0 Å². The van der Waals surface area contributed by atoms with Crippen LogP contribution < -0.4 is 5.32 Å². The Labute approximate surface area is 149 Å². The van der Waals surface area contributed by atoms with Gasteiger partial charge < -0.3 is 19.7 Å². The fourth-order valence-electron chi connectivity index (χ4n) is 3.30. The molecule has 0 aromatic carbocycles. The summed E-state index contributed by atoms with van der Waals surface area (Å²) in [5.74, 6) is 1.46. The number of hydrogen-bond donors (Lipinski definition) is 1. The van der Waals surface area contributed by atoms with Gasteiger partial charge in [0.1, 0.15) is 6.10 Å². The van der Waals surface area contributed by atoms with Crippen molar-refractivity contribution in [3.8, 4) is 0 Å². The number of nitrogens with zero attached hydrogens (tertiary/aromatic N) is 2. The highest BCUT2D eigenvalue weighted by atomic mass is 32.1. The molecule has 0 amide bonds. The van der Waals surface area contributed by atoms with Crippen molar-refractivity contribution in [2.45, 2.75) is 44.8 Å². The van der Waals surface area contributed by atoms with E-state index in [2.05, 4.69) is 41.6 Å². The van der Waals surface area contributed by atoms with Crippen molar-refractivity contribution in [3.05, 3.63) is 22.4 Å². The molecule has 1 aromatic rings. The molecule has 5 nitrogen and oxygen atoms in total. The van der Waals surface area contributed by atoms with E-state index in [1.165, 1.54) is 4.88 Å². The van der Waals surface area contributed by atoms with Gasteiger partial charge in [-0.25, -0.2) is 0 Å². The second-order valence-electron chi connectivity index (χ2n) is 6.52. The van der Waals surface area contributed by atoms with Crippen molar-refractivity contribution in [2.75, 3.05) is 39.4 Å². The maximum atomic E-state index is 5.96. The molecular formula is C18H29N3O2S. The van der Waals surface area contributed by atoms with Gasteiger partial charge >= 0.3 is 0 Å². The molecule has 3 rings (SSSR count). The van der Waals surface area contributed by atoms with Crippen LogP contribution in [0.25, 0.3) is 0 Å². The molecule has 3 unspecified atom stereocenters. The number of nitrogens with one attached hydrogen (secondary N) is 1. The van der Waals surface area contributed by atoms with Crippen LogP contribution in [0.4, 0.5) is 0 Å². The molecule has 3 heterocycles. The zero-order valence-corrected chi connectivity index (χ0v) is 15.6. The largest absolute Gasteiger partial charge is 0.375 e. The number of ether oxygens (including phenoxy) is 2. The minimum absolute atomic E-state index is 0.167. The highest BCUT2D eigenvalue weighted by Gasteiger charge is 2.32. The molecule has 2 aliphatic heterocycles. The summed E-state index contributed by atoms with van der Waals surface area (Å²) in [6.07, 6.45) is 2.68. The first-order valence-corrected chi connectivity index (χ1v) is 9.95. The highest BCUT2D eigenvalue weighted by molar-refractivity contribution is 7.10. The van der Waals surface area contributed by atoms with Gasteiger partial charge in [0.15, 0.2) is 5.96 Å². The Kier molecular flexibility index (Phi) is 6.51. The highest BCUT2D eigenvalue weighted by Crippen LogP contribution is 2.22. The quantitative estimate of drug-likeness (QED) is 0.654. The molecule has 134 valence electrons. The minimum atomic E-state index is 0.167. The summed E-state index contributed by atoms with van der Waals surface area (Å²) in [5, 5.41) is 5.58. The van der Waals surface area contributed by atoms with E-state index in [0.29, 0.717) is 5.92 Å². The van der Waals surface area contributed by atoms with Gasteiger partial charge in [-0.2, -0.15) is 0 Å². The molecule has 6 heteroatoms. The molecule has 2 fully saturated rings. The predicted molar refractivity (Wildman–Crippen MR) is 99.0 cm³/mol. The molecule has 0 aliphatic carbocycles. The SMILES string of the molecule is CCNC(=NCC(C)c1cccs1)N1CCOC(C2CCCO2)C1. The molecule has 0 radical (unpaired) electrons. The third kappa shape index (κ3) is 4.49. The zero-order valence-electron chi connectivity index (χ0n) is 14.7. The second kappa shape index (κ2) is 8.83. The second-order valence-corrected chi connectivity index (χ2v) is 7.50. The average Bonchev–Trinajstić information content (AvgIpc) is 3.32. The number of guanidine groups is 1. The summed E-state index contributed by atoms with van der Waals surface area (Å²) < 4.78 is 11.8. The number of morpholine rings is 1. The van der Waals surface area contributed by atoms with Crippen molar-refractivity contribution < 1.29 is 9.47 Å². The van der Waals surface area contributed by atoms with E-state index < -0.39 is 0 Å². The summed E-state index contributed by atoms with van der Waals surface area (Å²) in [4.78, 5) is 8.63. The van der Waals surface area contributed by atoms with Crippen LogP contribution in [0, 0.1) is 0 Å². The van der Waals surface area contributed by atoms with Crippen molar-refractivity contribution in [3.63, 3.8) is 0 Å². The maximum absolute atomic E-state index is 5.96. The van der Waals surface area contributed by atoms with Gasteiger partial charge in [-0.3, -0.25) is 4.99 Å². The van der Waals surface area contributed by atoms with E-state index in [1.807, 2.05) is 11.3 Å². The van der Waals surface area contributed by atoms with Gasteiger partial charge in [0, 0.05) is 37.0 Å².